The van der Waals surface area contributed by atoms with Crippen LogP contribution in [0.4, 0.5) is 18.9 Å². The van der Waals surface area contributed by atoms with Crippen molar-refractivity contribution in [2.45, 2.75) is 12.6 Å². The van der Waals surface area contributed by atoms with Crippen LogP contribution in [-0.4, -0.2) is 22.9 Å². The van der Waals surface area contributed by atoms with Gasteiger partial charge in [0, 0.05) is 10.9 Å². The molecule has 0 heterocycles. The van der Waals surface area contributed by atoms with E-state index in [1.165, 1.54) is 12.1 Å². The summed E-state index contributed by atoms with van der Waals surface area (Å²) < 4.78 is 48.0. The number of halogens is 4. The van der Waals surface area contributed by atoms with Gasteiger partial charge in [-0.25, -0.2) is 0 Å². The van der Waals surface area contributed by atoms with E-state index in [1.807, 2.05) is 0 Å². The van der Waals surface area contributed by atoms with Crippen LogP contribution in [0, 0.1) is 10.1 Å². The number of hydrogen-bond donors (Lipinski definition) is 0. The number of nitrogens with zero attached hydrogens (tertiary/aromatic N) is 1. The van der Waals surface area contributed by atoms with Crippen molar-refractivity contribution in [1.29, 1.82) is 0 Å². The van der Waals surface area contributed by atoms with Crippen LogP contribution < -0.4 is 4.74 Å². The highest BCUT2D eigenvalue weighted by atomic mass is 35.5. The lowest BCUT2D eigenvalue weighted by Gasteiger charge is -2.12. The van der Waals surface area contributed by atoms with Gasteiger partial charge in [0.2, 0.25) is 0 Å². The number of alkyl halides is 3. The molecule has 2 aromatic carbocycles. The number of methoxy groups -OCH3 is 1. The van der Waals surface area contributed by atoms with Crippen LogP contribution in [0.1, 0.15) is 17.5 Å². The molecule has 0 aliphatic heterocycles. The molecule has 0 unspecified atom stereocenters. The van der Waals surface area contributed by atoms with Crippen LogP contribution >= 0.6 is 23.8 Å². The molecule has 0 radical (unpaired) electrons. The minimum atomic E-state index is -4.57. The zero-order chi connectivity index (χ0) is 21.1. The Balaban J connectivity index is 2.37. The van der Waals surface area contributed by atoms with E-state index >= 15 is 0 Å². The maximum atomic E-state index is 12.7. The number of ether oxygens (including phenoxy) is 2. The molecule has 6 nitrogen and oxygen atoms in total. The van der Waals surface area contributed by atoms with E-state index in [1.54, 1.807) is 0 Å². The van der Waals surface area contributed by atoms with Gasteiger partial charge >= 0.3 is 12.1 Å². The summed E-state index contributed by atoms with van der Waals surface area (Å²) in [6.07, 6.45) is -4.93. The van der Waals surface area contributed by atoms with Crippen LogP contribution in [0.2, 0.25) is 5.02 Å². The maximum absolute atomic E-state index is 12.7. The quantitative estimate of drug-likeness (QED) is 0.201. The Morgan fingerprint density at radius 3 is 2.46 bits per heavy atom. The molecule has 11 heteroatoms. The van der Waals surface area contributed by atoms with Gasteiger partial charge in [0.25, 0.3) is 5.69 Å². The molecule has 28 heavy (non-hydrogen) atoms. The molecule has 0 saturated carbocycles. The largest absolute Gasteiger partial charge is 0.469 e. The summed E-state index contributed by atoms with van der Waals surface area (Å²) >= 11 is 10.9. The average Bonchev–Trinajstić information content (AvgIpc) is 2.62. The molecule has 2 rings (SSSR count). The molecule has 0 saturated heterocycles. The number of carbonyl (C=O) groups excluding carboxylic acids is 1. The SMILES string of the molecule is COC(=O)CC(=S)c1cc(Oc2ccc(C(F)(F)F)cc2Cl)ccc1[N+](=O)[O-]. The topological polar surface area (TPSA) is 78.7 Å². The predicted octanol–water partition coefficient (Wildman–Crippen LogP) is 5.34. The molecule has 0 N–H and O–H groups in total. The zero-order valence-electron chi connectivity index (χ0n) is 14.1. The average molecular weight is 434 g/mol. The van der Waals surface area contributed by atoms with E-state index in [4.69, 9.17) is 28.6 Å². The van der Waals surface area contributed by atoms with Gasteiger partial charge in [-0.1, -0.05) is 23.8 Å². The third-order valence-corrected chi connectivity index (χ3v) is 4.14. The van der Waals surface area contributed by atoms with Crippen LogP contribution in [0.25, 0.3) is 0 Å². The fourth-order valence-corrected chi connectivity index (χ4v) is 2.65. The summed E-state index contributed by atoms with van der Waals surface area (Å²) in [6, 6.07) is 6.06. The highest BCUT2D eigenvalue weighted by molar-refractivity contribution is 7.81. The van der Waals surface area contributed by atoms with Gasteiger partial charge in [-0.05, 0) is 30.3 Å². The first-order valence-electron chi connectivity index (χ1n) is 7.46. The molecule has 0 aliphatic carbocycles. The fourth-order valence-electron chi connectivity index (χ4n) is 2.15. The second-order valence-corrected chi connectivity index (χ2v) is 6.26. The number of nitro groups is 1. The third-order valence-electron chi connectivity index (χ3n) is 3.48. The van der Waals surface area contributed by atoms with Gasteiger partial charge in [0.05, 0.1) is 34.6 Å². The van der Waals surface area contributed by atoms with Gasteiger partial charge in [0.15, 0.2) is 0 Å². The Morgan fingerprint density at radius 1 is 1.25 bits per heavy atom. The van der Waals surface area contributed by atoms with Crippen molar-refractivity contribution in [3.05, 3.63) is 62.7 Å². The Kier molecular flexibility index (Phi) is 6.57. The van der Waals surface area contributed by atoms with Crippen molar-refractivity contribution in [2.75, 3.05) is 7.11 Å². The van der Waals surface area contributed by atoms with Gasteiger partial charge < -0.3 is 9.47 Å². The molecule has 148 valence electrons. The molecule has 0 bridgehead atoms. The number of benzene rings is 2. The van der Waals surface area contributed by atoms with Crippen molar-refractivity contribution in [2.24, 2.45) is 0 Å². The molecule has 0 fully saturated rings. The van der Waals surface area contributed by atoms with E-state index in [2.05, 4.69) is 4.74 Å². The van der Waals surface area contributed by atoms with E-state index in [-0.39, 0.29) is 39.1 Å². The molecule has 0 spiro atoms. The fraction of sp³-hybridized carbons (Fsp3) is 0.176. The second-order valence-electron chi connectivity index (χ2n) is 5.36. The van der Waals surface area contributed by atoms with Gasteiger partial charge in [-0.3, -0.25) is 14.9 Å². The first kappa shape index (κ1) is 21.6. The minimum absolute atomic E-state index is 0.0366. The highest BCUT2D eigenvalue weighted by Crippen LogP contribution is 2.37. The minimum Gasteiger partial charge on any atom is -0.469 e. The molecular formula is C17H11ClF3NO5S. The summed E-state index contributed by atoms with van der Waals surface area (Å²) in [5, 5.41) is 10.9. The lowest BCUT2D eigenvalue weighted by atomic mass is 10.1. The summed E-state index contributed by atoms with van der Waals surface area (Å²) in [4.78, 5) is 21.8. The second kappa shape index (κ2) is 8.53. The van der Waals surface area contributed by atoms with Gasteiger partial charge in [-0.2, -0.15) is 13.2 Å². The summed E-state index contributed by atoms with van der Waals surface area (Å²) in [5.74, 6) is -0.737. The number of carbonyl (C=O) groups is 1. The molecule has 0 amide bonds. The smallest absolute Gasteiger partial charge is 0.416 e. The number of esters is 1. The normalized spacial score (nSPS) is 11.0. The van der Waals surface area contributed by atoms with Crippen LogP contribution in [0.3, 0.4) is 0 Å². The van der Waals surface area contributed by atoms with E-state index in [9.17, 15) is 28.1 Å². The summed E-state index contributed by atoms with van der Waals surface area (Å²) in [6.45, 7) is 0. The molecule has 0 aliphatic rings. The zero-order valence-corrected chi connectivity index (χ0v) is 15.7. The Bertz CT molecular complexity index is 949. The van der Waals surface area contributed by atoms with Crippen molar-refractivity contribution in [3.8, 4) is 11.5 Å². The van der Waals surface area contributed by atoms with Crippen LogP contribution in [0.15, 0.2) is 36.4 Å². The first-order valence-corrected chi connectivity index (χ1v) is 8.24. The maximum Gasteiger partial charge on any atom is 0.416 e. The van der Waals surface area contributed by atoms with Crippen molar-refractivity contribution >= 4 is 40.3 Å². The van der Waals surface area contributed by atoms with Crippen molar-refractivity contribution in [1.82, 2.24) is 0 Å². The van der Waals surface area contributed by atoms with Crippen molar-refractivity contribution < 1.29 is 32.4 Å². The Hall–Kier alpha value is -2.72. The lowest BCUT2D eigenvalue weighted by Crippen LogP contribution is -2.10. The van der Waals surface area contributed by atoms with E-state index < -0.39 is 22.6 Å². The Labute approximate surface area is 167 Å². The molecule has 0 aromatic heterocycles. The van der Waals surface area contributed by atoms with E-state index in [0.717, 1.165) is 25.3 Å². The standard InChI is InChI=1S/C17H11ClF3NO5S/c1-26-16(23)8-15(28)11-7-10(3-4-13(11)22(24)25)27-14-5-2-9(6-12(14)18)17(19,20)21/h2-7H,8H2,1H3. The number of hydrogen-bond acceptors (Lipinski definition) is 6. The predicted molar refractivity (Wildman–Crippen MR) is 98.0 cm³/mol. The molecular weight excluding hydrogens is 423 g/mol. The highest BCUT2D eigenvalue weighted by Gasteiger charge is 2.31. The van der Waals surface area contributed by atoms with Gasteiger partial charge in [-0.15, -0.1) is 0 Å². The summed E-state index contributed by atoms with van der Waals surface area (Å²) in [7, 11) is 1.14. The van der Waals surface area contributed by atoms with Crippen molar-refractivity contribution in [3.63, 3.8) is 0 Å². The van der Waals surface area contributed by atoms with Crippen LogP contribution in [0.5, 0.6) is 11.5 Å². The third kappa shape index (κ3) is 5.17. The van der Waals surface area contributed by atoms with Crippen LogP contribution in [-0.2, 0) is 15.7 Å². The van der Waals surface area contributed by atoms with E-state index in [0.29, 0.717) is 6.07 Å². The lowest BCUT2D eigenvalue weighted by molar-refractivity contribution is -0.385. The Morgan fingerprint density at radius 2 is 1.93 bits per heavy atom. The number of nitro benzene ring substituents is 1. The number of rotatable bonds is 6. The van der Waals surface area contributed by atoms with Gasteiger partial charge in [0.1, 0.15) is 11.5 Å². The molecule has 2 aromatic rings. The summed E-state index contributed by atoms with van der Waals surface area (Å²) in [5.41, 5.74) is -1.36. The monoisotopic (exact) mass is 433 g/mol. The molecule has 0 atom stereocenters. The number of thiocarbonyl (C=S) groups is 1. The first-order chi connectivity index (χ1) is 13.0.